The fraction of sp³-hybridized carbons (Fsp3) is 0.638. The normalized spacial score (nSPS) is 17.6. The maximum Gasteiger partial charge on any atom is 0.305 e. The number of rotatable bonds is 28. The highest BCUT2D eigenvalue weighted by Gasteiger charge is 2.42. The van der Waals surface area contributed by atoms with Gasteiger partial charge in [-0.1, -0.05) is 108 Å². The van der Waals surface area contributed by atoms with Crippen molar-refractivity contribution in [3.05, 3.63) is 99.6 Å². The Morgan fingerprint density at radius 2 is 0.831 bits per heavy atom. The zero-order valence-corrected chi connectivity index (χ0v) is 86.0. The fourth-order valence-corrected chi connectivity index (χ4v) is 21.3. The van der Waals surface area contributed by atoms with Crippen molar-refractivity contribution in [1.29, 1.82) is 0 Å². The van der Waals surface area contributed by atoms with Crippen LogP contribution in [0.2, 0.25) is 0 Å². The predicted molar refractivity (Wildman–Crippen MR) is 519 cm³/mol. The first-order chi connectivity index (χ1) is 64.8. The monoisotopic (exact) mass is 1890 g/mol. The first-order valence-corrected chi connectivity index (χ1v) is 49.9. The van der Waals surface area contributed by atoms with Crippen LogP contribution in [0.15, 0.2) is 60.7 Å². The Morgan fingerprint density at radius 3 is 1.29 bits per heavy atom. The first kappa shape index (κ1) is 112. The largest absolute Gasteiger partial charge is 0.538 e. The summed E-state index contributed by atoms with van der Waals surface area (Å²) in [5, 5.41) is 80.5. The van der Waals surface area contributed by atoms with Gasteiger partial charge in [0.05, 0.1) is 177 Å². The highest BCUT2D eigenvalue weighted by Crippen LogP contribution is 2.38. The Bertz CT molecular complexity index is 4890. The average Bonchev–Trinajstić information content (AvgIpc) is 0.763. The van der Waals surface area contributed by atoms with Crippen LogP contribution in [0.5, 0.6) is 17.2 Å². The van der Waals surface area contributed by atoms with Crippen LogP contribution in [0.4, 0.5) is 22.7 Å². The van der Waals surface area contributed by atoms with Crippen LogP contribution >= 0.6 is 0 Å². The molecule has 752 valence electrons. The summed E-state index contributed by atoms with van der Waals surface area (Å²) in [4.78, 5) is 93.8. The number of benzene rings is 4. The molecule has 4 aromatic rings. The summed E-state index contributed by atoms with van der Waals surface area (Å²) >= 11 is 0. The number of ether oxygens (including phenoxy) is 3. The van der Waals surface area contributed by atoms with Gasteiger partial charge >= 0.3 is 11.7 Å². The zero-order valence-electron chi connectivity index (χ0n) is 86.0. The van der Waals surface area contributed by atoms with Crippen molar-refractivity contribution in [2.75, 3.05) is 151 Å². The van der Waals surface area contributed by atoms with E-state index in [0.717, 1.165) is 227 Å². The topological polar surface area (TPSA) is 352 Å². The van der Waals surface area contributed by atoms with Gasteiger partial charge in [-0.25, -0.2) is 19.0 Å². The van der Waals surface area contributed by atoms with Crippen molar-refractivity contribution in [1.82, 2.24) is 24.5 Å². The van der Waals surface area contributed by atoms with Gasteiger partial charge in [-0.2, -0.15) is 0 Å². The van der Waals surface area contributed by atoms with E-state index in [1.807, 2.05) is 99.5 Å². The van der Waals surface area contributed by atoms with Gasteiger partial charge < -0.3 is 83.5 Å². The third kappa shape index (κ3) is 29.9. The molecule has 31 heteroatoms. The van der Waals surface area contributed by atoms with Crippen molar-refractivity contribution in [2.24, 2.45) is 0 Å². The average molecular weight is 1890 g/mol. The van der Waals surface area contributed by atoms with Gasteiger partial charge in [0, 0.05) is 51.0 Å². The van der Waals surface area contributed by atoms with Crippen LogP contribution in [0, 0.1) is 48.5 Å². The molecule has 9 aliphatic rings. The summed E-state index contributed by atoms with van der Waals surface area (Å²) in [5.74, 6) is -3.60. The van der Waals surface area contributed by atoms with Gasteiger partial charge in [-0.15, -0.1) is 0 Å². The number of hydrogen-bond donors (Lipinski definition) is 0. The van der Waals surface area contributed by atoms with Crippen molar-refractivity contribution < 1.29 is 116 Å². The van der Waals surface area contributed by atoms with Crippen LogP contribution in [0.25, 0.3) is 0 Å². The van der Waals surface area contributed by atoms with E-state index in [-0.39, 0.29) is 35.4 Å². The van der Waals surface area contributed by atoms with Crippen LogP contribution in [0.1, 0.15) is 255 Å². The second kappa shape index (κ2) is 54.7. The lowest BCUT2D eigenvalue weighted by atomic mass is 9.92. The minimum Gasteiger partial charge on any atom is -0.538 e. The lowest BCUT2D eigenvalue weighted by Gasteiger charge is -2.37. The molecule has 0 N–H and O–H groups in total. The molecule has 136 heavy (non-hydrogen) atoms. The van der Waals surface area contributed by atoms with Crippen LogP contribution in [-0.4, -0.2) is 317 Å². The van der Waals surface area contributed by atoms with E-state index in [1.165, 1.54) is 49.7 Å². The molecule has 31 nitrogen and oxygen atoms in total. The number of aryl methyl sites for hydroxylation is 7. The van der Waals surface area contributed by atoms with Gasteiger partial charge in [0.2, 0.25) is 0 Å². The molecule has 13 rings (SSSR count). The number of anilines is 2. The number of methoxy groups -OCH3 is 3. The molecular weight excluding hydrogens is 1730 g/mol. The lowest BCUT2D eigenvalue weighted by Crippen LogP contribution is -2.58. The number of likely N-dealkylation sites (N-methyl/N-ethyl adjacent to an activating group) is 2. The number of aliphatic carboxylic acids is 7. The van der Waals surface area contributed by atoms with E-state index in [4.69, 9.17) is 14.2 Å². The molecule has 2 aliphatic carbocycles. The van der Waals surface area contributed by atoms with E-state index < -0.39 is 41.8 Å². The molecule has 0 bridgehead atoms. The quantitative estimate of drug-likeness (QED) is 0.0662. The molecule has 7 aliphatic heterocycles. The molecule has 0 unspecified atom stereocenters. The summed E-state index contributed by atoms with van der Waals surface area (Å²) in [6, 6.07) is 21.4. The van der Waals surface area contributed by atoms with Gasteiger partial charge in [-0.05, 0) is 205 Å². The Balaban J connectivity index is 0.000000221. The molecule has 0 atom stereocenters. The van der Waals surface area contributed by atoms with Crippen molar-refractivity contribution in [3.63, 3.8) is 0 Å². The molecule has 0 saturated heterocycles. The number of carboxylic acid groups (broad SMARTS) is 7. The van der Waals surface area contributed by atoms with E-state index in [9.17, 15) is 69.3 Å². The summed E-state index contributed by atoms with van der Waals surface area (Å²) in [5.41, 5.74) is 11.0. The standard InChI is InChI=1S/C23H28N2O2.C21H24N2O5.C19H36N2O2.C17H28N2O2.C11H20N2O2.2C7H12N2O2/c1-14-10-16(3)20(17(4)11-14)24-8-7-9-25(22(24)23(26)27)21-18(5)12-15(2)13-19(21)6;1-14-6-8-16(18(12-14)27-3)22-10-5-11-23(20(22)21(24)25)17-9-7-15(26-2)13-19(17)28-4;1-5-10-16(11-6-2)20-14-9-15-21(18(20)19(22)23)17(12-7-3)13-8-4;20-17(21)16-18(14-8-3-1-4-9-14)12-7-13-19(16)15-10-5-2-6-11-15;1-8(2)12-6-5-7-13(9(3)4)10(12)11(14)15;2*1-8-4-3-5-9(2)6(8)7(10)11/h10-13H,7-9H2,1-6H3;6-9,12-13H,5,10-11H2,1-4H3;16-17H,5-15H2,1-4H3;14-15H,1-13H2;8-9H,5-7H2,1-4H3;2*3-5H2,1-2H3. The molecule has 7 heterocycles. The first-order valence-electron chi connectivity index (χ1n) is 49.9. The zero-order chi connectivity index (χ0) is 100. The van der Waals surface area contributed by atoms with E-state index in [1.54, 1.807) is 96.1 Å². The second-order valence-corrected chi connectivity index (χ2v) is 38.1. The lowest BCUT2D eigenvalue weighted by molar-refractivity contribution is -0.580. The molecule has 0 radical (unpaired) electrons. The molecule has 4 aromatic carbocycles. The summed E-state index contributed by atoms with van der Waals surface area (Å²) in [7, 11) is 11.7. The summed E-state index contributed by atoms with van der Waals surface area (Å²) in [6.45, 7) is 41.8. The molecule has 0 amide bonds. The van der Waals surface area contributed by atoms with Gasteiger partial charge in [0.15, 0.2) is 64.7 Å². The van der Waals surface area contributed by atoms with Crippen LogP contribution in [0.3, 0.4) is 0 Å². The number of hydrogen-bond acceptors (Lipinski definition) is 24. The third-order valence-electron chi connectivity index (χ3n) is 27.0. The Kier molecular flexibility index (Phi) is 45.0. The highest BCUT2D eigenvalue weighted by atomic mass is 16.5. The van der Waals surface area contributed by atoms with Gasteiger partial charge in [0.1, 0.15) is 17.1 Å². The Labute approximate surface area is 809 Å². The maximum atomic E-state index is 12.3. The van der Waals surface area contributed by atoms with Crippen molar-refractivity contribution in [3.8, 4) is 17.2 Å². The Morgan fingerprint density at radius 1 is 0.397 bits per heavy atom. The minimum atomic E-state index is -1.26. The van der Waals surface area contributed by atoms with Crippen LogP contribution < -0.4 is 59.8 Å². The Hall–Kier alpha value is -11.1. The molecular formula is C105H160N14O17. The highest BCUT2D eigenvalue weighted by molar-refractivity contribution is 6.38. The van der Waals surface area contributed by atoms with Crippen molar-refractivity contribution >= 4 is 105 Å². The number of carbonyl (C=O) groups is 7. The summed E-state index contributed by atoms with van der Waals surface area (Å²) in [6.07, 6.45) is 27.6. The smallest absolute Gasteiger partial charge is 0.305 e. The number of carboxylic acids is 7. The number of carbonyl (C=O) groups excluding carboxylic acids is 7. The summed E-state index contributed by atoms with van der Waals surface area (Å²) < 4.78 is 29.5. The van der Waals surface area contributed by atoms with E-state index in [0.29, 0.717) is 96.5 Å². The van der Waals surface area contributed by atoms with Crippen LogP contribution in [-0.2, 0) is 33.6 Å². The SMILES string of the molecule is CC(C)N1CCC[N+](C(C)C)=C1C(=O)[O-].CCCC(CCC)N1CCC[N+](C(CCC)CCC)=C1C(=O)[O-].CN1CCC[N+](C)=C1C(=O)[O-].CN1CCC[N+](C)=C1C(=O)[O-].COc1ccc(N2CCC[N+](c3ccc(C)cc3OC)=C2C(=O)[O-])c(OC)c1.Cc1cc(C)c(N2CCC[N+](c3c(C)cc(C)cc3C)=C2C(=O)[O-])c(C)c1.O=C([O-])C1=[N+](C2CCCCC2)CCCN1C1CCCCC1. The fourth-order valence-electron chi connectivity index (χ4n) is 21.3. The minimum absolute atomic E-state index is 0.0527. The molecule has 2 fully saturated rings. The molecule has 2 saturated carbocycles. The molecule has 0 aromatic heterocycles. The number of amidine groups is 7. The van der Waals surface area contributed by atoms with Gasteiger partial charge in [-0.3, -0.25) is 47.4 Å². The molecule has 0 spiro atoms. The number of nitrogens with zero attached hydrogens (tertiary/aromatic N) is 14. The second-order valence-electron chi connectivity index (χ2n) is 38.1. The van der Waals surface area contributed by atoms with E-state index in [2.05, 4.69) is 84.8 Å². The predicted octanol–water partition coefficient (Wildman–Crippen LogP) is 5.17. The van der Waals surface area contributed by atoms with E-state index >= 15 is 0 Å². The third-order valence-corrected chi connectivity index (χ3v) is 27.0. The van der Waals surface area contributed by atoms with Gasteiger partial charge in [0.25, 0.3) is 29.2 Å². The van der Waals surface area contributed by atoms with Crippen molar-refractivity contribution in [2.45, 2.75) is 301 Å². The maximum absolute atomic E-state index is 12.3.